The number of imidazole rings is 1. The summed E-state index contributed by atoms with van der Waals surface area (Å²) >= 11 is 0. The number of rotatable bonds is 6. The second kappa shape index (κ2) is 7.51. The molecule has 1 aromatic carbocycles. The van der Waals surface area contributed by atoms with Gasteiger partial charge in [-0.05, 0) is 19.9 Å². The molecule has 0 spiro atoms. The number of carbonyl (C=O) groups excluding carboxylic acids is 1. The Morgan fingerprint density at radius 3 is 2.46 bits per heavy atom. The van der Waals surface area contributed by atoms with Gasteiger partial charge in [0.25, 0.3) is 5.91 Å². The maximum atomic E-state index is 15.0. The lowest BCUT2D eigenvalue weighted by Crippen LogP contribution is -2.17. The monoisotopic (exact) mass is 389 g/mol. The van der Waals surface area contributed by atoms with E-state index < -0.39 is 17.5 Å². The number of hydrogen-bond acceptors (Lipinski definition) is 4. The van der Waals surface area contributed by atoms with Crippen molar-refractivity contribution in [1.29, 1.82) is 0 Å². The van der Waals surface area contributed by atoms with E-state index in [0.29, 0.717) is 24.4 Å². The van der Waals surface area contributed by atoms with Crippen LogP contribution >= 0.6 is 0 Å². The largest absolute Gasteiger partial charge is 0.383 e. The van der Waals surface area contributed by atoms with Gasteiger partial charge < -0.3 is 15.0 Å². The highest BCUT2D eigenvalue weighted by molar-refractivity contribution is 5.90. The summed E-state index contributed by atoms with van der Waals surface area (Å²) in [6.07, 6.45) is 1.29. The van der Waals surface area contributed by atoms with Crippen LogP contribution in [0.2, 0.25) is 0 Å². The van der Waals surface area contributed by atoms with Crippen LogP contribution in [-0.2, 0) is 18.3 Å². The lowest BCUT2D eigenvalue weighted by molar-refractivity contribution is 0.0987. The first-order chi connectivity index (χ1) is 13.3. The van der Waals surface area contributed by atoms with Crippen LogP contribution in [0.15, 0.2) is 18.3 Å². The molecule has 148 valence electrons. The zero-order chi connectivity index (χ0) is 20.6. The molecule has 0 aliphatic rings. The zero-order valence-corrected chi connectivity index (χ0v) is 16.1. The van der Waals surface area contributed by atoms with Gasteiger partial charge in [0, 0.05) is 36.5 Å². The molecule has 0 saturated carbocycles. The molecule has 9 heteroatoms. The Hall–Kier alpha value is -3.07. The van der Waals surface area contributed by atoms with E-state index in [1.54, 1.807) is 25.6 Å². The van der Waals surface area contributed by atoms with Crippen molar-refractivity contribution in [2.24, 2.45) is 12.8 Å². The topological polar surface area (TPSA) is 88.0 Å². The Morgan fingerprint density at radius 2 is 1.86 bits per heavy atom. The fraction of sp³-hybridized carbons (Fsp3) is 0.316. The second-order valence-corrected chi connectivity index (χ2v) is 6.44. The normalized spacial score (nSPS) is 11.2. The third-order valence-corrected chi connectivity index (χ3v) is 4.72. The molecule has 0 aliphatic carbocycles. The number of primary amides is 1. The minimum Gasteiger partial charge on any atom is -0.383 e. The molecule has 3 aromatic rings. The zero-order valence-electron chi connectivity index (χ0n) is 16.1. The number of nitrogens with zero attached hydrogens (tertiary/aromatic N) is 4. The molecule has 0 atom stereocenters. The van der Waals surface area contributed by atoms with E-state index in [0.717, 1.165) is 5.69 Å². The third-order valence-electron chi connectivity index (χ3n) is 4.72. The molecule has 2 heterocycles. The lowest BCUT2D eigenvalue weighted by Gasteiger charge is -2.10. The van der Waals surface area contributed by atoms with Crippen molar-refractivity contribution in [3.05, 3.63) is 47.2 Å². The number of carbonyl (C=O) groups is 1. The first-order valence-electron chi connectivity index (χ1n) is 8.61. The van der Waals surface area contributed by atoms with Crippen LogP contribution in [0, 0.1) is 25.5 Å². The van der Waals surface area contributed by atoms with Gasteiger partial charge >= 0.3 is 0 Å². The van der Waals surface area contributed by atoms with Gasteiger partial charge in [-0.2, -0.15) is 5.10 Å². The summed E-state index contributed by atoms with van der Waals surface area (Å²) in [5, 5.41) is 4.39. The Labute approximate surface area is 160 Å². The molecule has 3 rings (SSSR count). The van der Waals surface area contributed by atoms with Gasteiger partial charge in [-0.3, -0.25) is 9.48 Å². The molecular formula is C19H21F2N5O2. The first kappa shape index (κ1) is 19.7. The average molecular weight is 389 g/mol. The van der Waals surface area contributed by atoms with Crippen molar-refractivity contribution in [1.82, 2.24) is 19.3 Å². The Morgan fingerprint density at radius 1 is 1.21 bits per heavy atom. The van der Waals surface area contributed by atoms with Crippen LogP contribution in [0.4, 0.5) is 8.78 Å². The standard InChI is InChI=1S/C19H21F2N5O2/c1-10-15(11(2)26(24-10)7-8-28-4)13-6-5-12(16(20)17(13)21)14-9-23-19(18(22)27)25(14)3/h5-6,9H,7-8H2,1-4H3,(H2,22,27). The smallest absolute Gasteiger partial charge is 0.284 e. The van der Waals surface area contributed by atoms with Crippen molar-refractivity contribution in [2.45, 2.75) is 20.4 Å². The van der Waals surface area contributed by atoms with Gasteiger partial charge in [0.2, 0.25) is 0 Å². The molecule has 2 N–H and O–H groups in total. The van der Waals surface area contributed by atoms with Crippen LogP contribution in [0.25, 0.3) is 22.4 Å². The maximum Gasteiger partial charge on any atom is 0.284 e. The molecule has 28 heavy (non-hydrogen) atoms. The van der Waals surface area contributed by atoms with Crippen LogP contribution in [0.5, 0.6) is 0 Å². The number of halogens is 2. The molecule has 0 aliphatic heterocycles. The van der Waals surface area contributed by atoms with Crippen molar-refractivity contribution < 1.29 is 18.3 Å². The van der Waals surface area contributed by atoms with Gasteiger partial charge in [-0.15, -0.1) is 0 Å². The Balaban J connectivity index is 2.09. The predicted molar refractivity (Wildman–Crippen MR) is 99.6 cm³/mol. The van der Waals surface area contributed by atoms with Gasteiger partial charge in [0.05, 0.1) is 30.7 Å². The lowest BCUT2D eigenvalue weighted by atomic mass is 10.00. The SMILES string of the molecule is COCCn1nc(C)c(-c2ccc(-c3cnc(C(N)=O)n3C)c(F)c2F)c1C. The summed E-state index contributed by atoms with van der Waals surface area (Å²) in [5.74, 6) is -2.80. The number of amides is 1. The number of ether oxygens (including phenoxy) is 1. The summed E-state index contributed by atoms with van der Waals surface area (Å²) < 4.78 is 38.0. The molecule has 0 fully saturated rings. The second-order valence-electron chi connectivity index (χ2n) is 6.44. The van der Waals surface area contributed by atoms with E-state index in [-0.39, 0.29) is 22.6 Å². The quantitative estimate of drug-likeness (QED) is 0.702. The molecule has 0 bridgehead atoms. The summed E-state index contributed by atoms with van der Waals surface area (Å²) in [5.41, 5.74) is 7.46. The van der Waals surface area contributed by atoms with Crippen LogP contribution in [0.1, 0.15) is 22.0 Å². The van der Waals surface area contributed by atoms with Crippen molar-refractivity contribution in [3.63, 3.8) is 0 Å². The fourth-order valence-corrected chi connectivity index (χ4v) is 3.31. The summed E-state index contributed by atoms with van der Waals surface area (Å²) in [7, 11) is 3.10. The molecule has 2 aromatic heterocycles. The molecule has 0 radical (unpaired) electrons. The van der Waals surface area contributed by atoms with Crippen LogP contribution < -0.4 is 5.73 Å². The highest BCUT2D eigenvalue weighted by Crippen LogP contribution is 2.34. The van der Waals surface area contributed by atoms with E-state index in [1.807, 2.05) is 0 Å². The van der Waals surface area contributed by atoms with Crippen LogP contribution in [-0.4, -0.2) is 39.0 Å². The van der Waals surface area contributed by atoms with E-state index in [4.69, 9.17) is 10.5 Å². The predicted octanol–water partition coefficient (Wildman–Crippen LogP) is 2.59. The molecular weight excluding hydrogens is 368 g/mol. The van der Waals surface area contributed by atoms with Gasteiger partial charge in [0.1, 0.15) is 0 Å². The van der Waals surface area contributed by atoms with E-state index >= 15 is 0 Å². The first-order valence-corrected chi connectivity index (χ1v) is 8.61. The van der Waals surface area contributed by atoms with E-state index in [1.165, 1.54) is 29.9 Å². The number of aromatic nitrogens is 4. The van der Waals surface area contributed by atoms with Crippen molar-refractivity contribution >= 4 is 5.91 Å². The van der Waals surface area contributed by atoms with Crippen molar-refractivity contribution in [2.75, 3.05) is 13.7 Å². The highest BCUT2D eigenvalue weighted by Gasteiger charge is 2.23. The number of benzene rings is 1. The number of aryl methyl sites for hydroxylation is 1. The fourth-order valence-electron chi connectivity index (χ4n) is 3.31. The minimum absolute atomic E-state index is 0.00849. The summed E-state index contributed by atoms with van der Waals surface area (Å²) in [6, 6.07) is 2.96. The summed E-state index contributed by atoms with van der Waals surface area (Å²) in [6.45, 7) is 4.52. The maximum absolute atomic E-state index is 15.0. The number of methoxy groups -OCH3 is 1. The Kier molecular flexibility index (Phi) is 5.28. The molecule has 7 nitrogen and oxygen atoms in total. The number of hydrogen-bond donors (Lipinski definition) is 1. The third kappa shape index (κ3) is 3.18. The van der Waals surface area contributed by atoms with Gasteiger partial charge in [-0.25, -0.2) is 13.8 Å². The van der Waals surface area contributed by atoms with Crippen LogP contribution in [0.3, 0.4) is 0 Å². The highest BCUT2D eigenvalue weighted by atomic mass is 19.2. The van der Waals surface area contributed by atoms with Crippen molar-refractivity contribution in [3.8, 4) is 22.4 Å². The van der Waals surface area contributed by atoms with Gasteiger partial charge in [-0.1, -0.05) is 6.07 Å². The molecule has 0 saturated heterocycles. The minimum atomic E-state index is -1.03. The Bertz CT molecular complexity index is 1060. The van der Waals surface area contributed by atoms with Gasteiger partial charge in [0.15, 0.2) is 17.5 Å². The molecule has 0 unspecified atom stereocenters. The average Bonchev–Trinajstić information content (AvgIpc) is 3.16. The van der Waals surface area contributed by atoms with E-state index in [9.17, 15) is 13.6 Å². The number of nitrogens with two attached hydrogens (primary N) is 1. The molecule has 1 amide bonds. The van der Waals surface area contributed by atoms with E-state index in [2.05, 4.69) is 10.1 Å². The summed E-state index contributed by atoms with van der Waals surface area (Å²) in [4.78, 5) is 15.2.